The van der Waals surface area contributed by atoms with Crippen LogP contribution in [0.3, 0.4) is 0 Å². The van der Waals surface area contributed by atoms with Gasteiger partial charge in [-0.1, -0.05) is 0 Å². The molecule has 5 heteroatoms. The number of likely N-dealkylation sites (tertiary alicyclic amines) is 1. The molecule has 2 atom stereocenters. The molecule has 0 amide bonds. The number of nitrogens with one attached hydrogen (secondary N) is 1. The topological polar surface area (TPSA) is 50.3 Å². The van der Waals surface area contributed by atoms with E-state index in [1.807, 2.05) is 6.07 Å². The Morgan fingerprint density at radius 1 is 1.27 bits per heavy atom. The highest BCUT2D eigenvalue weighted by Crippen LogP contribution is 2.39. The Bertz CT molecular complexity index is 493. The van der Waals surface area contributed by atoms with Crippen molar-refractivity contribution >= 4 is 5.95 Å². The second-order valence-corrected chi connectivity index (χ2v) is 7.30. The summed E-state index contributed by atoms with van der Waals surface area (Å²) in [6, 6.07) is 1.84. The Kier molecular flexibility index (Phi) is 4.01. The van der Waals surface area contributed by atoms with Crippen molar-refractivity contribution in [1.82, 2.24) is 14.9 Å². The zero-order valence-electron chi connectivity index (χ0n) is 13.2. The van der Waals surface area contributed by atoms with Crippen LogP contribution in [0.5, 0.6) is 0 Å². The molecule has 4 rings (SSSR count). The second kappa shape index (κ2) is 6.13. The third-order valence-electron chi connectivity index (χ3n) is 5.23. The summed E-state index contributed by atoms with van der Waals surface area (Å²) in [5, 5.41) is 3.35. The SMILES string of the molecule is c1cnc(NC[C@@H]2CO[C@@]3(CCCN(CC4CC4)C3)C2)nc1. The summed E-state index contributed by atoms with van der Waals surface area (Å²) in [5.41, 5.74) is 0.122. The number of rotatable bonds is 5. The lowest BCUT2D eigenvalue weighted by molar-refractivity contribution is -0.0523. The van der Waals surface area contributed by atoms with Gasteiger partial charge < -0.3 is 15.0 Å². The van der Waals surface area contributed by atoms with Gasteiger partial charge in [0.25, 0.3) is 0 Å². The molecule has 5 nitrogen and oxygen atoms in total. The third kappa shape index (κ3) is 3.41. The molecule has 2 aliphatic heterocycles. The normalized spacial score (nSPS) is 32.5. The minimum Gasteiger partial charge on any atom is -0.373 e. The summed E-state index contributed by atoms with van der Waals surface area (Å²) >= 11 is 0. The van der Waals surface area contributed by atoms with Crippen LogP contribution in [0.1, 0.15) is 32.1 Å². The van der Waals surface area contributed by atoms with Crippen LogP contribution in [-0.2, 0) is 4.74 Å². The number of hydrogen-bond acceptors (Lipinski definition) is 5. The fraction of sp³-hybridized carbons (Fsp3) is 0.765. The minimum atomic E-state index is 0.122. The average Bonchev–Trinajstić information content (AvgIpc) is 3.28. The highest BCUT2D eigenvalue weighted by Gasteiger charge is 2.43. The molecular formula is C17H26N4O. The van der Waals surface area contributed by atoms with Crippen molar-refractivity contribution in [2.75, 3.05) is 38.1 Å². The van der Waals surface area contributed by atoms with Crippen LogP contribution >= 0.6 is 0 Å². The summed E-state index contributed by atoms with van der Waals surface area (Å²) in [6.45, 7) is 5.49. The maximum atomic E-state index is 6.29. The Labute approximate surface area is 132 Å². The maximum absolute atomic E-state index is 6.29. The van der Waals surface area contributed by atoms with Crippen LogP contribution in [0.15, 0.2) is 18.5 Å². The van der Waals surface area contributed by atoms with Crippen molar-refractivity contribution in [2.45, 2.75) is 37.7 Å². The molecule has 1 aromatic rings. The molecule has 1 saturated carbocycles. The van der Waals surface area contributed by atoms with Gasteiger partial charge >= 0.3 is 0 Å². The van der Waals surface area contributed by atoms with Gasteiger partial charge in [-0.15, -0.1) is 0 Å². The first kappa shape index (κ1) is 14.4. The van der Waals surface area contributed by atoms with E-state index in [4.69, 9.17) is 4.74 Å². The van der Waals surface area contributed by atoms with Gasteiger partial charge in [-0.05, 0) is 50.6 Å². The Morgan fingerprint density at radius 2 is 2.14 bits per heavy atom. The quantitative estimate of drug-likeness (QED) is 0.903. The molecule has 120 valence electrons. The number of nitrogens with zero attached hydrogens (tertiary/aromatic N) is 3. The van der Waals surface area contributed by atoms with Crippen molar-refractivity contribution in [1.29, 1.82) is 0 Å². The van der Waals surface area contributed by atoms with E-state index in [-0.39, 0.29) is 5.60 Å². The minimum absolute atomic E-state index is 0.122. The van der Waals surface area contributed by atoms with E-state index in [2.05, 4.69) is 20.2 Å². The summed E-state index contributed by atoms with van der Waals surface area (Å²) in [6.07, 6.45) is 10.1. The number of piperidine rings is 1. The van der Waals surface area contributed by atoms with Crippen LogP contribution < -0.4 is 5.32 Å². The summed E-state index contributed by atoms with van der Waals surface area (Å²) < 4.78 is 6.29. The molecule has 0 aromatic carbocycles. The van der Waals surface area contributed by atoms with Crippen molar-refractivity contribution in [3.8, 4) is 0 Å². The first-order valence-electron chi connectivity index (χ1n) is 8.69. The van der Waals surface area contributed by atoms with Gasteiger partial charge in [0.05, 0.1) is 12.2 Å². The van der Waals surface area contributed by atoms with E-state index in [0.29, 0.717) is 5.92 Å². The average molecular weight is 302 g/mol. The number of hydrogen-bond donors (Lipinski definition) is 1. The van der Waals surface area contributed by atoms with Crippen molar-refractivity contribution < 1.29 is 4.74 Å². The second-order valence-electron chi connectivity index (χ2n) is 7.30. The molecule has 2 saturated heterocycles. The molecule has 22 heavy (non-hydrogen) atoms. The smallest absolute Gasteiger partial charge is 0.222 e. The maximum Gasteiger partial charge on any atom is 0.222 e. The summed E-state index contributed by atoms with van der Waals surface area (Å²) in [7, 11) is 0. The molecule has 1 N–H and O–H groups in total. The van der Waals surface area contributed by atoms with Gasteiger partial charge in [0.1, 0.15) is 0 Å². The van der Waals surface area contributed by atoms with Crippen LogP contribution in [0, 0.1) is 11.8 Å². The monoisotopic (exact) mass is 302 g/mol. The highest BCUT2D eigenvalue weighted by molar-refractivity contribution is 5.22. The van der Waals surface area contributed by atoms with Crippen molar-refractivity contribution in [3.05, 3.63) is 18.5 Å². The molecule has 3 fully saturated rings. The summed E-state index contributed by atoms with van der Waals surface area (Å²) in [5.74, 6) is 2.27. The number of ether oxygens (including phenoxy) is 1. The number of anilines is 1. The molecule has 1 aliphatic carbocycles. The zero-order chi connectivity index (χ0) is 14.8. The molecule has 1 spiro atoms. The van der Waals surface area contributed by atoms with Crippen LogP contribution in [0.2, 0.25) is 0 Å². The molecule has 0 radical (unpaired) electrons. The van der Waals surface area contributed by atoms with E-state index in [1.165, 1.54) is 45.2 Å². The summed E-state index contributed by atoms with van der Waals surface area (Å²) in [4.78, 5) is 11.1. The molecular weight excluding hydrogens is 276 g/mol. The van der Waals surface area contributed by atoms with E-state index < -0.39 is 0 Å². The Balaban J connectivity index is 1.29. The third-order valence-corrected chi connectivity index (χ3v) is 5.23. The van der Waals surface area contributed by atoms with Gasteiger partial charge in [-0.3, -0.25) is 0 Å². The van der Waals surface area contributed by atoms with Gasteiger partial charge in [0.2, 0.25) is 5.95 Å². The Morgan fingerprint density at radius 3 is 2.95 bits per heavy atom. The molecule has 0 unspecified atom stereocenters. The van der Waals surface area contributed by atoms with Gasteiger partial charge in [0, 0.05) is 37.9 Å². The standard InChI is InChI=1S/C17H26N4O/c1-5-17(13-21(8-1)11-14-3-4-14)9-15(12-22-17)10-20-16-18-6-2-7-19-16/h2,6-7,14-15H,1,3-5,8-13H2,(H,18,19,20)/t15-,17+/m1/s1. The van der Waals surface area contributed by atoms with E-state index >= 15 is 0 Å². The van der Waals surface area contributed by atoms with Gasteiger partial charge in [-0.25, -0.2) is 9.97 Å². The van der Waals surface area contributed by atoms with E-state index in [9.17, 15) is 0 Å². The van der Waals surface area contributed by atoms with Crippen molar-refractivity contribution in [2.24, 2.45) is 11.8 Å². The first-order chi connectivity index (χ1) is 10.8. The van der Waals surface area contributed by atoms with Gasteiger partial charge in [0.15, 0.2) is 0 Å². The van der Waals surface area contributed by atoms with Gasteiger partial charge in [-0.2, -0.15) is 0 Å². The lowest BCUT2D eigenvalue weighted by atomic mass is 9.86. The fourth-order valence-corrected chi connectivity index (χ4v) is 3.99. The molecule has 0 bridgehead atoms. The fourth-order valence-electron chi connectivity index (χ4n) is 3.99. The Hall–Kier alpha value is -1.20. The van der Waals surface area contributed by atoms with Crippen LogP contribution in [0.25, 0.3) is 0 Å². The largest absolute Gasteiger partial charge is 0.373 e. The van der Waals surface area contributed by atoms with Crippen molar-refractivity contribution in [3.63, 3.8) is 0 Å². The highest BCUT2D eigenvalue weighted by atomic mass is 16.5. The molecule has 1 aromatic heterocycles. The van der Waals surface area contributed by atoms with E-state index in [1.54, 1.807) is 12.4 Å². The van der Waals surface area contributed by atoms with Crippen LogP contribution in [0.4, 0.5) is 5.95 Å². The lowest BCUT2D eigenvalue weighted by Gasteiger charge is -2.40. The lowest BCUT2D eigenvalue weighted by Crippen LogP contribution is -2.48. The van der Waals surface area contributed by atoms with Crippen LogP contribution in [-0.4, -0.2) is 53.3 Å². The number of aromatic nitrogens is 2. The van der Waals surface area contributed by atoms with E-state index in [0.717, 1.165) is 31.6 Å². The molecule has 3 aliphatic rings. The first-order valence-corrected chi connectivity index (χ1v) is 8.69. The molecule has 3 heterocycles. The predicted molar refractivity (Wildman–Crippen MR) is 85.7 cm³/mol. The zero-order valence-corrected chi connectivity index (χ0v) is 13.2. The predicted octanol–water partition coefficient (Wildman–Crippen LogP) is 2.17.